The summed E-state index contributed by atoms with van der Waals surface area (Å²) in [5.74, 6) is -1.22. The number of nitrogens with one attached hydrogen (secondary N) is 3. The lowest BCUT2D eigenvalue weighted by molar-refractivity contribution is 0.0510. The highest BCUT2D eigenvalue weighted by molar-refractivity contribution is 8.24. The molecule has 0 spiro atoms. The molecule has 81 heavy (non-hydrogen) atoms. The topological polar surface area (TPSA) is 300 Å². The van der Waals surface area contributed by atoms with Crippen LogP contribution in [0, 0.1) is 24.1 Å². The molecule has 0 bridgehead atoms. The number of fused-ring (bicyclic) bond motifs is 3. The molecule has 1 atom stereocenters. The van der Waals surface area contributed by atoms with Crippen LogP contribution in [0.4, 0.5) is 19.8 Å². The van der Waals surface area contributed by atoms with Gasteiger partial charge in [-0.1, -0.05) is 35.3 Å². The van der Waals surface area contributed by atoms with Gasteiger partial charge in [-0.05, 0) is 150 Å². The fourth-order valence-electron chi connectivity index (χ4n) is 6.61. The van der Waals surface area contributed by atoms with Crippen LogP contribution in [0.25, 0.3) is 32.3 Å². The first-order valence-corrected chi connectivity index (χ1v) is 28.8. The quantitative estimate of drug-likeness (QED) is 0.0361. The maximum atomic E-state index is 13.6. The minimum absolute atomic E-state index is 0. The van der Waals surface area contributed by atoms with Gasteiger partial charge in [0.05, 0.1) is 35.2 Å². The molecule has 21 nitrogen and oxygen atoms in total. The predicted octanol–water partition coefficient (Wildman–Crippen LogP) is 11.7. The van der Waals surface area contributed by atoms with E-state index >= 15 is 0 Å². The molecule has 7 aromatic heterocycles. The SMILES string of the molecule is CCOC(=O)c1cc2ccncc2c(=O)[nH]1.CCOC(=O)c1cc2ccncc2c(Cl)n1.CN(C(=O)NCc1cccc(F)c1Cl)[C@@H](CCCN)COC(=O)Nc1cc2ccncc2cn1.Cc1ccncc1C#N.O=P(Cl)(Cl)Cl.S. The lowest BCUT2D eigenvalue weighted by atomic mass is 10.1. The number of aryl methyl sites for hydroxylation is 1. The van der Waals surface area contributed by atoms with Crippen LogP contribution in [0.2, 0.25) is 10.2 Å². The number of carbonyl (C=O) groups is 4. The first-order valence-electron chi connectivity index (χ1n) is 23.7. The zero-order chi connectivity index (χ0) is 58.8. The third-order valence-corrected chi connectivity index (χ3v) is 11.3. The fourth-order valence-corrected chi connectivity index (χ4v) is 7.05. The van der Waals surface area contributed by atoms with Gasteiger partial charge in [0.2, 0.25) is 0 Å². The lowest BCUT2D eigenvalue weighted by Gasteiger charge is -2.28. The number of ether oxygens (including phenoxy) is 3. The number of nitrogens with two attached hydrogens (primary N) is 1. The van der Waals surface area contributed by atoms with E-state index < -0.39 is 41.1 Å². The summed E-state index contributed by atoms with van der Waals surface area (Å²) >= 11 is 25.7. The molecule has 0 aliphatic heterocycles. The van der Waals surface area contributed by atoms with Gasteiger partial charge in [0.25, 0.3) is 5.56 Å². The first kappa shape index (κ1) is 68.0. The molecule has 5 N–H and O–H groups in total. The first-order chi connectivity index (χ1) is 38.2. The van der Waals surface area contributed by atoms with Crippen molar-refractivity contribution in [1.29, 1.82) is 5.26 Å². The van der Waals surface area contributed by atoms with Crippen molar-refractivity contribution in [3.63, 3.8) is 0 Å². The van der Waals surface area contributed by atoms with Crippen molar-refractivity contribution in [1.82, 2.24) is 45.1 Å². The van der Waals surface area contributed by atoms with E-state index in [1.165, 1.54) is 23.2 Å². The fraction of sp³-hybridized carbons (Fsp3) is 0.231. The Labute approximate surface area is 495 Å². The van der Waals surface area contributed by atoms with E-state index in [1.807, 2.05) is 19.1 Å². The number of halogens is 6. The Balaban J connectivity index is 0.000000304. The Hall–Kier alpha value is -7.26. The highest BCUT2D eigenvalue weighted by atomic mass is 36.0. The summed E-state index contributed by atoms with van der Waals surface area (Å²) < 4.78 is 38.1. The normalized spacial score (nSPS) is 10.6. The molecular formula is C52H53Cl5FN12O9PS. The second-order valence-corrected chi connectivity index (χ2v) is 23.5. The number of carbonyl (C=O) groups excluding carboxylic acids is 4. The molecule has 8 rings (SSSR count). The maximum Gasteiger partial charge on any atom is 0.412 e. The van der Waals surface area contributed by atoms with Gasteiger partial charge >= 0.3 is 29.3 Å². The molecule has 29 heteroatoms. The number of amides is 3. The van der Waals surface area contributed by atoms with Crippen molar-refractivity contribution in [2.24, 2.45) is 5.73 Å². The summed E-state index contributed by atoms with van der Waals surface area (Å²) in [7, 11) is 1.59. The summed E-state index contributed by atoms with van der Waals surface area (Å²) in [5.41, 5.74) is 7.74. The number of pyridine rings is 7. The number of aromatic nitrogens is 7. The van der Waals surface area contributed by atoms with E-state index in [0.29, 0.717) is 53.7 Å². The molecule has 1 aromatic carbocycles. The van der Waals surface area contributed by atoms with E-state index in [4.69, 9.17) is 48.4 Å². The minimum Gasteiger partial charge on any atom is -0.461 e. The van der Waals surface area contributed by atoms with Crippen LogP contribution in [0.3, 0.4) is 0 Å². The van der Waals surface area contributed by atoms with Gasteiger partial charge in [0.1, 0.15) is 35.2 Å². The zero-order valence-corrected chi connectivity index (χ0v) is 49.2. The standard InChI is InChI=1S/C23H26ClFN6O3.C11H9ClN2O2.C11H10N2O3.C7H6N2.Cl3OP.H2S/c1-31(22(32)29-12-16-4-2-6-19(25)21(16)24)18(5-3-8-26)14-34-23(33)30-20-10-15-7-9-27-11-17(15)13-28-20;1-2-16-11(15)9-5-7-3-4-13-6-8(7)10(12)14-9;1-2-16-11(15)9-5-7-3-4-12-6-8(7)10(14)13-9;1-6-2-3-9-5-7(6)4-8;1-5(2,3)4;/h2,4,6-7,9-11,13,18H,3,5,8,12,14,26H2,1H3,(H,29,32)(H,28,30,33);3-6H,2H2,1H3;3-6H,2H2,1H3,(H,13,14);2-3,5H,1H3;;1H2/t18-;;;;;/m0...../s1. The average Bonchev–Trinajstić information content (AvgIpc) is 3.45. The third-order valence-electron chi connectivity index (χ3n) is 10.6. The summed E-state index contributed by atoms with van der Waals surface area (Å²) in [6.45, 7) is 6.35. The van der Waals surface area contributed by atoms with Gasteiger partial charge in [0.15, 0.2) is 5.69 Å². The number of nitrogens with zero attached hydrogens (tertiary/aromatic N) is 8. The van der Waals surface area contributed by atoms with Gasteiger partial charge in [-0.25, -0.2) is 33.5 Å². The molecule has 8 aromatic rings. The molecule has 7 heterocycles. The summed E-state index contributed by atoms with van der Waals surface area (Å²) in [6.07, 6.45) is 14.9. The second kappa shape index (κ2) is 34.8. The second-order valence-electron chi connectivity index (χ2n) is 16.1. The van der Waals surface area contributed by atoms with E-state index in [2.05, 4.69) is 79.2 Å². The van der Waals surface area contributed by atoms with Gasteiger partial charge in [-0.15, -0.1) is 0 Å². The predicted molar refractivity (Wildman–Crippen MR) is 316 cm³/mol. The largest absolute Gasteiger partial charge is 0.461 e. The number of likely N-dealkylation sites (N-methyl/N-ethyl adjacent to an activating group) is 1. The van der Waals surface area contributed by atoms with Crippen LogP contribution < -0.4 is 21.9 Å². The van der Waals surface area contributed by atoms with Crippen LogP contribution in [-0.2, 0) is 25.3 Å². The van der Waals surface area contributed by atoms with Crippen molar-refractivity contribution in [2.75, 3.05) is 38.7 Å². The van der Waals surface area contributed by atoms with Crippen LogP contribution >= 0.6 is 75.6 Å². The average molecular weight is 1250 g/mol. The number of benzene rings is 1. The number of esters is 2. The molecule has 0 fully saturated rings. The molecule has 0 saturated carbocycles. The third kappa shape index (κ3) is 23.0. The Morgan fingerprint density at radius 1 is 0.827 bits per heavy atom. The Bertz CT molecular complexity index is 3560. The lowest BCUT2D eigenvalue weighted by Crippen LogP contribution is -2.46. The summed E-state index contributed by atoms with van der Waals surface area (Å²) in [4.78, 5) is 87.1. The van der Waals surface area contributed by atoms with Crippen LogP contribution in [0.1, 0.15) is 64.4 Å². The molecule has 0 aliphatic carbocycles. The number of hydrogen-bond donors (Lipinski definition) is 4. The highest BCUT2D eigenvalue weighted by Crippen LogP contribution is 2.61. The van der Waals surface area contributed by atoms with Gasteiger partial charge in [-0.2, -0.15) is 18.8 Å². The van der Waals surface area contributed by atoms with Crippen molar-refractivity contribution >= 4 is 138 Å². The van der Waals surface area contributed by atoms with Crippen molar-refractivity contribution in [2.45, 2.75) is 46.2 Å². The van der Waals surface area contributed by atoms with Crippen molar-refractivity contribution in [3.8, 4) is 6.07 Å². The number of anilines is 1. The monoisotopic (exact) mass is 1250 g/mol. The zero-order valence-electron chi connectivity index (χ0n) is 43.5. The number of nitriles is 1. The van der Waals surface area contributed by atoms with Gasteiger partial charge in [0, 0.05) is 80.1 Å². The van der Waals surface area contributed by atoms with Gasteiger partial charge in [-0.3, -0.25) is 34.6 Å². The Kier molecular flexibility index (Phi) is 29.2. The summed E-state index contributed by atoms with van der Waals surface area (Å²) in [6, 6.07) is 17.6. The van der Waals surface area contributed by atoms with E-state index in [-0.39, 0.29) is 60.4 Å². The van der Waals surface area contributed by atoms with E-state index in [9.17, 15) is 32.9 Å². The number of urea groups is 1. The van der Waals surface area contributed by atoms with Crippen molar-refractivity contribution in [3.05, 3.63) is 171 Å². The van der Waals surface area contributed by atoms with E-state index in [1.54, 1.807) is 113 Å². The molecular weight excluding hydrogens is 1200 g/mol. The van der Waals surface area contributed by atoms with Crippen LogP contribution in [0.5, 0.6) is 0 Å². The molecule has 0 saturated heterocycles. The highest BCUT2D eigenvalue weighted by Gasteiger charge is 2.22. The van der Waals surface area contributed by atoms with Crippen LogP contribution in [-0.4, -0.2) is 103 Å². The molecule has 428 valence electrons. The van der Waals surface area contributed by atoms with Gasteiger partial charge < -0.3 is 35.1 Å². The Morgan fingerprint density at radius 3 is 2.06 bits per heavy atom. The molecule has 0 aliphatic rings. The summed E-state index contributed by atoms with van der Waals surface area (Å²) in [5, 5.41) is 15.1. The number of H-pyrrole nitrogens is 1. The number of hydrogen-bond acceptors (Lipinski definition) is 17. The minimum atomic E-state index is -3.22. The van der Waals surface area contributed by atoms with E-state index in [0.717, 1.165) is 27.1 Å². The maximum absolute atomic E-state index is 13.6. The van der Waals surface area contributed by atoms with Crippen LogP contribution in [0.15, 0.2) is 121 Å². The molecule has 3 amide bonds. The number of rotatable bonds is 13. The van der Waals surface area contributed by atoms with Crippen molar-refractivity contribution < 1.29 is 42.3 Å². The number of aromatic amines is 1. The molecule has 0 unspecified atom stereocenters. The Morgan fingerprint density at radius 2 is 1.43 bits per heavy atom. The smallest absolute Gasteiger partial charge is 0.412 e. The molecule has 0 radical (unpaired) electrons.